The molecule has 0 spiro atoms. The summed E-state index contributed by atoms with van der Waals surface area (Å²) in [7, 11) is 0. The second-order valence-corrected chi connectivity index (χ2v) is 7.35. The van der Waals surface area contributed by atoms with Crippen molar-refractivity contribution in [2.75, 3.05) is 11.6 Å². The van der Waals surface area contributed by atoms with Gasteiger partial charge in [-0.3, -0.25) is 14.4 Å². The van der Waals surface area contributed by atoms with Crippen molar-refractivity contribution >= 4 is 34.5 Å². The lowest BCUT2D eigenvalue weighted by Crippen LogP contribution is -2.49. The number of aromatic nitrogens is 1. The van der Waals surface area contributed by atoms with Gasteiger partial charge in [0.05, 0.1) is 17.0 Å². The van der Waals surface area contributed by atoms with E-state index in [2.05, 4.69) is 10.3 Å². The molecule has 0 bridgehead atoms. The van der Waals surface area contributed by atoms with Crippen LogP contribution >= 0.6 is 11.8 Å². The molecule has 6 nitrogen and oxygen atoms in total. The van der Waals surface area contributed by atoms with E-state index in [0.717, 1.165) is 6.42 Å². The molecule has 0 radical (unpaired) electrons. The zero-order chi connectivity index (χ0) is 18.8. The third kappa shape index (κ3) is 3.60. The highest BCUT2D eigenvalue weighted by Gasteiger charge is 2.36. The van der Waals surface area contributed by atoms with E-state index in [1.54, 1.807) is 0 Å². The Morgan fingerprint density at radius 1 is 1.42 bits per heavy atom. The smallest absolute Gasteiger partial charge is 0.256 e. The summed E-state index contributed by atoms with van der Waals surface area (Å²) >= 11 is 1.49. The number of hydrogen-bond acceptors (Lipinski definition) is 4. The van der Waals surface area contributed by atoms with Gasteiger partial charge in [0.25, 0.3) is 5.91 Å². The van der Waals surface area contributed by atoms with Gasteiger partial charge in [0.2, 0.25) is 11.5 Å². The molecule has 2 N–H and O–H groups in total. The van der Waals surface area contributed by atoms with E-state index in [9.17, 15) is 18.8 Å². The minimum atomic E-state index is -0.587. The summed E-state index contributed by atoms with van der Waals surface area (Å²) in [5.74, 6) is -0.225. The number of nitrogens with zero attached hydrogens (tertiary/aromatic N) is 1. The molecule has 1 aliphatic rings. The Hall–Kier alpha value is -2.35. The van der Waals surface area contributed by atoms with Crippen LogP contribution in [0.3, 0.4) is 0 Å². The Balaban J connectivity index is 1.95. The van der Waals surface area contributed by atoms with Crippen LogP contribution in [0.2, 0.25) is 0 Å². The van der Waals surface area contributed by atoms with Crippen LogP contribution in [0.4, 0.5) is 4.39 Å². The third-order valence-electron chi connectivity index (χ3n) is 4.48. The normalized spacial score (nSPS) is 18.1. The highest BCUT2D eigenvalue weighted by Crippen LogP contribution is 2.26. The molecule has 0 saturated carbocycles. The highest BCUT2D eigenvalue weighted by atomic mass is 32.2. The first-order chi connectivity index (χ1) is 12.4. The number of halogens is 1. The molecule has 0 aliphatic carbocycles. The molecule has 2 atom stereocenters. The Morgan fingerprint density at radius 3 is 2.92 bits per heavy atom. The van der Waals surface area contributed by atoms with Crippen LogP contribution in [0.1, 0.15) is 30.6 Å². The molecule has 1 saturated heterocycles. The predicted octanol–water partition coefficient (Wildman–Crippen LogP) is 2.10. The molecular weight excluding hydrogens is 357 g/mol. The molecule has 0 unspecified atom stereocenters. The summed E-state index contributed by atoms with van der Waals surface area (Å²) in [4.78, 5) is 41.5. The Kier molecular flexibility index (Phi) is 5.31. The molecule has 26 heavy (non-hydrogen) atoms. The van der Waals surface area contributed by atoms with Crippen molar-refractivity contribution < 1.29 is 14.0 Å². The number of aromatic amines is 1. The Morgan fingerprint density at radius 2 is 2.19 bits per heavy atom. The Labute approximate surface area is 154 Å². The minimum absolute atomic E-state index is 0.0217. The standard InChI is InChI=1S/C18H20FN3O3S/c1-3-10(2)20-17(24)15-8-26-9-22(15)18(25)13-7-16(23)21-14-6-11(19)4-5-12(13)14/h4-7,10,15H,3,8-9H2,1-2H3,(H,20,24)(H,21,23)/t10-,15+/m1/s1. The molecular formula is C18H20FN3O3S. The maximum atomic E-state index is 13.5. The van der Waals surface area contributed by atoms with E-state index in [1.807, 2.05) is 13.8 Å². The lowest BCUT2D eigenvalue weighted by molar-refractivity contribution is -0.125. The largest absolute Gasteiger partial charge is 0.352 e. The summed E-state index contributed by atoms with van der Waals surface area (Å²) in [6, 6.07) is 4.52. The number of pyridine rings is 1. The quantitative estimate of drug-likeness (QED) is 0.855. The number of benzene rings is 1. The van der Waals surface area contributed by atoms with Crippen LogP contribution in [0.15, 0.2) is 29.1 Å². The first-order valence-corrected chi connectivity index (χ1v) is 9.58. The second kappa shape index (κ2) is 7.49. The van der Waals surface area contributed by atoms with Gasteiger partial charge in [-0.1, -0.05) is 6.92 Å². The van der Waals surface area contributed by atoms with Gasteiger partial charge in [-0.05, 0) is 31.5 Å². The van der Waals surface area contributed by atoms with Crippen LogP contribution in [0, 0.1) is 5.82 Å². The van der Waals surface area contributed by atoms with Crippen molar-refractivity contribution in [2.24, 2.45) is 0 Å². The van der Waals surface area contributed by atoms with E-state index >= 15 is 0 Å². The van der Waals surface area contributed by atoms with Gasteiger partial charge in [0.15, 0.2) is 0 Å². The third-order valence-corrected chi connectivity index (χ3v) is 5.49. The van der Waals surface area contributed by atoms with Crippen molar-refractivity contribution in [2.45, 2.75) is 32.4 Å². The van der Waals surface area contributed by atoms with Crippen LogP contribution in [-0.4, -0.2) is 45.4 Å². The zero-order valence-electron chi connectivity index (χ0n) is 14.5. The topological polar surface area (TPSA) is 82.3 Å². The SMILES string of the molecule is CC[C@@H](C)NC(=O)[C@@H]1CSCN1C(=O)c1cc(=O)[nH]c2cc(F)ccc12. The molecule has 2 aromatic rings. The van der Waals surface area contributed by atoms with Crippen LogP contribution < -0.4 is 10.9 Å². The molecule has 1 aliphatic heterocycles. The van der Waals surface area contributed by atoms with Gasteiger partial charge in [0.1, 0.15) is 11.9 Å². The van der Waals surface area contributed by atoms with E-state index in [1.165, 1.54) is 40.9 Å². The fourth-order valence-corrected chi connectivity index (χ4v) is 4.02. The molecule has 138 valence electrons. The summed E-state index contributed by atoms with van der Waals surface area (Å²) in [5.41, 5.74) is -0.0557. The summed E-state index contributed by atoms with van der Waals surface area (Å²) < 4.78 is 13.5. The fraction of sp³-hybridized carbons (Fsp3) is 0.389. The van der Waals surface area contributed by atoms with Crippen molar-refractivity contribution in [3.8, 4) is 0 Å². The first kappa shape index (κ1) is 18.4. The monoisotopic (exact) mass is 377 g/mol. The first-order valence-electron chi connectivity index (χ1n) is 8.42. The molecule has 1 aromatic carbocycles. The average Bonchev–Trinajstić information content (AvgIpc) is 3.09. The molecule has 3 rings (SSSR count). The molecule has 1 aromatic heterocycles. The van der Waals surface area contributed by atoms with Crippen LogP contribution in [0.25, 0.3) is 10.9 Å². The molecule has 2 amide bonds. The van der Waals surface area contributed by atoms with Gasteiger partial charge in [-0.15, -0.1) is 11.8 Å². The van der Waals surface area contributed by atoms with Crippen molar-refractivity contribution in [3.63, 3.8) is 0 Å². The number of carbonyl (C=O) groups is 2. The lowest BCUT2D eigenvalue weighted by atomic mass is 10.1. The van der Waals surface area contributed by atoms with Crippen LogP contribution in [-0.2, 0) is 4.79 Å². The second-order valence-electron chi connectivity index (χ2n) is 6.35. The minimum Gasteiger partial charge on any atom is -0.352 e. The number of amides is 2. The van der Waals surface area contributed by atoms with Crippen molar-refractivity contribution in [3.05, 3.63) is 46.0 Å². The zero-order valence-corrected chi connectivity index (χ0v) is 15.4. The number of carbonyl (C=O) groups excluding carboxylic acids is 2. The van der Waals surface area contributed by atoms with Gasteiger partial charge in [0, 0.05) is 23.2 Å². The number of nitrogens with one attached hydrogen (secondary N) is 2. The van der Waals surface area contributed by atoms with Gasteiger partial charge in [-0.25, -0.2) is 4.39 Å². The average molecular weight is 377 g/mol. The summed E-state index contributed by atoms with van der Waals surface area (Å²) in [6.07, 6.45) is 0.795. The Bertz CT molecular complexity index is 914. The van der Waals surface area contributed by atoms with Crippen molar-refractivity contribution in [1.29, 1.82) is 0 Å². The fourth-order valence-electron chi connectivity index (χ4n) is 2.87. The predicted molar refractivity (Wildman–Crippen MR) is 99.7 cm³/mol. The van der Waals surface area contributed by atoms with E-state index in [0.29, 0.717) is 17.0 Å². The van der Waals surface area contributed by atoms with Gasteiger partial charge >= 0.3 is 0 Å². The molecule has 1 fully saturated rings. The number of thioether (sulfide) groups is 1. The maximum Gasteiger partial charge on any atom is 0.256 e. The number of rotatable bonds is 4. The molecule has 2 heterocycles. The van der Waals surface area contributed by atoms with Gasteiger partial charge in [-0.2, -0.15) is 0 Å². The van der Waals surface area contributed by atoms with Gasteiger partial charge < -0.3 is 15.2 Å². The number of H-pyrrole nitrogens is 1. The number of fused-ring (bicyclic) bond motifs is 1. The van der Waals surface area contributed by atoms with E-state index in [4.69, 9.17) is 0 Å². The van der Waals surface area contributed by atoms with E-state index in [-0.39, 0.29) is 23.0 Å². The molecule has 8 heteroatoms. The summed E-state index contributed by atoms with van der Waals surface area (Å²) in [5, 5.41) is 3.35. The number of hydrogen-bond donors (Lipinski definition) is 2. The lowest BCUT2D eigenvalue weighted by Gasteiger charge is -2.25. The highest BCUT2D eigenvalue weighted by molar-refractivity contribution is 7.99. The maximum absolute atomic E-state index is 13.5. The van der Waals surface area contributed by atoms with Crippen molar-refractivity contribution in [1.82, 2.24) is 15.2 Å². The summed E-state index contributed by atoms with van der Waals surface area (Å²) in [6.45, 7) is 3.88. The van der Waals surface area contributed by atoms with Crippen LogP contribution in [0.5, 0.6) is 0 Å². The van der Waals surface area contributed by atoms with E-state index < -0.39 is 23.3 Å².